The molecule has 0 spiro atoms. The van der Waals surface area contributed by atoms with E-state index in [0.717, 1.165) is 10.9 Å². The van der Waals surface area contributed by atoms with Gasteiger partial charge < -0.3 is 29.3 Å². The second-order valence-electron chi connectivity index (χ2n) is 11.6. The van der Waals surface area contributed by atoms with Gasteiger partial charge in [0.2, 0.25) is 18.2 Å². The van der Waals surface area contributed by atoms with Gasteiger partial charge in [0.05, 0.1) is 24.7 Å². The Hall–Kier alpha value is -2.93. The van der Waals surface area contributed by atoms with Crippen LogP contribution in [-0.4, -0.2) is 81.6 Å². The number of nitrogens with zero attached hydrogens (tertiary/aromatic N) is 3. The molecule has 12 nitrogen and oxygen atoms in total. The molecule has 3 rings (SSSR count). The molecule has 38 heavy (non-hydrogen) atoms. The number of benzene rings is 1. The molecule has 12 heteroatoms. The normalized spacial score (nSPS) is 16.2. The highest BCUT2D eigenvalue weighted by Crippen LogP contribution is 2.24. The lowest BCUT2D eigenvalue weighted by Gasteiger charge is -2.39. The van der Waals surface area contributed by atoms with E-state index in [4.69, 9.17) is 24.9 Å². The Morgan fingerprint density at radius 3 is 2.37 bits per heavy atom. The Kier molecular flexibility index (Phi) is 9.24. The van der Waals surface area contributed by atoms with Gasteiger partial charge in [0.25, 0.3) is 0 Å². The number of esters is 1. The van der Waals surface area contributed by atoms with Gasteiger partial charge in [-0.15, -0.1) is 4.68 Å². The number of carbonyl (C=O) groups is 2. The highest BCUT2D eigenvalue weighted by Gasteiger charge is 2.35. The van der Waals surface area contributed by atoms with Crippen LogP contribution in [-0.2, 0) is 32.2 Å². The van der Waals surface area contributed by atoms with Crippen molar-refractivity contribution in [1.82, 2.24) is 9.58 Å². The van der Waals surface area contributed by atoms with Crippen molar-refractivity contribution >= 4 is 23.0 Å². The van der Waals surface area contributed by atoms with Gasteiger partial charge in [0.1, 0.15) is 29.7 Å². The van der Waals surface area contributed by atoms with Crippen molar-refractivity contribution in [2.45, 2.75) is 78.0 Å². The van der Waals surface area contributed by atoms with Crippen LogP contribution in [0.5, 0.6) is 5.75 Å². The number of aliphatic hydroxyl groups is 2. The van der Waals surface area contributed by atoms with Crippen LogP contribution < -0.4 is 15.3 Å². The third-order valence-corrected chi connectivity index (χ3v) is 5.76. The Morgan fingerprint density at radius 2 is 1.79 bits per heavy atom. The summed E-state index contributed by atoms with van der Waals surface area (Å²) >= 11 is 0. The maximum Gasteiger partial charge on any atom is 0.410 e. The minimum absolute atomic E-state index is 0.135. The van der Waals surface area contributed by atoms with Crippen LogP contribution in [0, 0.1) is 5.92 Å². The van der Waals surface area contributed by atoms with Gasteiger partial charge in [-0.05, 0) is 53.7 Å². The first-order chi connectivity index (χ1) is 17.7. The average Bonchev–Trinajstić information content (AvgIpc) is 3.09. The number of hydrogen-bond donors (Lipinski definition) is 3. The average molecular weight is 538 g/mol. The molecule has 1 saturated heterocycles. The number of carbonyl (C=O) groups excluding carboxylic acids is 2. The molecule has 212 valence electrons. The molecular formula is C26H41N4O8+. The quantitative estimate of drug-likeness (QED) is 0.230. The fraction of sp³-hybridized carbons (Fsp3) is 0.654. The van der Waals surface area contributed by atoms with Crippen LogP contribution in [0.4, 0.5) is 4.79 Å². The van der Waals surface area contributed by atoms with Crippen molar-refractivity contribution in [2.24, 2.45) is 11.8 Å². The fourth-order valence-electron chi connectivity index (χ4n) is 4.07. The van der Waals surface area contributed by atoms with E-state index in [0.29, 0.717) is 25.4 Å². The first-order valence-corrected chi connectivity index (χ1v) is 12.7. The number of aromatic nitrogens is 2. The Labute approximate surface area is 222 Å². The highest BCUT2D eigenvalue weighted by atomic mass is 16.7. The SMILES string of the molecule is CC(C)(C)OC(=O)C(COc1ccc2c(c1)cn(CC1CN(C(=O)OC(C)(C)C)C1)[n+]2CC(O)CO)ON. The van der Waals surface area contributed by atoms with Crippen LogP contribution in [0.2, 0.25) is 0 Å². The molecule has 2 atom stereocenters. The van der Waals surface area contributed by atoms with Gasteiger partial charge in [-0.2, -0.15) is 4.68 Å². The summed E-state index contributed by atoms with van der Waals surface area (Å²) < 4.78 is 20.4. The maximum atomic E-state index is 12.3. The summed E-state index contributed by atoms with van der Waals surface area (Å²) in [6, 6.07) is 5.39. The maximum absolute atomic E-state index is 12.3. The summed E-state index contributed by atoms with van der Waals surface area (Å²) in [5.41, 5.74) is -0.411. The molecule has 2 heterocycles. The third kappa shape index (κ3) is 8.03. The molecule has 1 aromatic heterocycles. The Bertz CT molecular complexity index is 1110. The zero-order valence-electron chi connectivity index (χ0n) is 23.0. The summed E-state index contributed by atoms with van der Waals surface area (Å²) in [6.45, 7) is 12.2. The molecule has 1 aromatic carbocycles. The fourth-order valence-corrected chi connectivity index (χ4v) is 4.07. The number of likely N-dealkylation sites (tertiary alicyclic amines) is 1. The topological polar surface area (TPSA) is 150 Å². The molecule has 0 aliphatic carbocycles. The molecule has 0 radical (unpaired) electrons. The first kappa shape index (κ1) is 29.6. The molecular weight excluding hydrogens is 496 g/mol. The van der Waals surface area contributed by atoms with Crippen molar-refractivity contribution in [3.63, 3.8) is 0 Å². The van der Waals surface area contributed by atoms with E-state index >= 15 is 0 Å². The number of amides is 1. The van der Waals surface area contributed by atoms with Gasteiger partial charge in [0, 0.05) is 25.1 Å². The second-order valence-corrected chi connectivity index (χ2v) is 11.6. The lowest BCUT2D eigenvalue weighted by atomic mass is 10.0. The number of ether oxygens (including phenoxy) is 3. The molecule has 0 saturated carbocycles. The summed E-state index contributed by atoms with van der Waals surface area (Å²) in [4.78, 5) is 31.0. The second kappa shape index (κ2) is 11.9. The van der Waals surface area contributed by atoms with E-state index in [1.54, 1.807) is 31.7 Å². The molecule has 0 bridgehead atoms. The van der Waals surface area contributed by atoms with Gasteiger partial charge >= 0.3 is 12.1 Å². The lowest BCUT2D eigenvalue weighted by Crippen LogP contribution is -2.56. The molecule has 1 aliphatic rings. The monoisotopic (exact) mass is 537 g/mol. The largest absolute Gasteiger partial charge is 0.490 e. The summed E-state index contributed by atoms with van der Waals surface area (Å²) in [5, 5.41) is 20.4. The van der Waals surface area contributed by atoms with Crippen molar-refractivity contribution in [1.29, 1.82) is 0 Å². The lowest BCUT2D eigenvalue weighted by molar-refractivity contribution is -0.759. The summed E-state index contributed by atoms with van der Waals surface area (Å²) in [7, 11) is 0. The van der Waals surface area contributed by atoms with Crippen LogP contribution in [0.3, 0.4) is 0 Å². The minimum atomic E-state index is -1.09. The first-order valence-electron chi connectivity index (χ1n) is 12.7. The number of aliphatic hydroxyl groups excluding tert-OH is 2. The van der Waals surface area contributed by atoms with E-state index in [9.17, 15) is 19.8 Å². The summed E-state index contributed by atoms with van der Waals surface area (Å²) in [6.07, 6.45) is -0.440. The molecule has 1 fully saturated rings. The van der Waals surface area contributed by atoms with Gasteiger partial charge in [-0.3, -0.25) is 4.84 Å². The number of rotatable bonds is 10. The number of hydrogen-bond acceptors (Lipinski definition) is 9. The summed E-state index contributed by atoms with van der Waals surface area (Å²) in [5.74, 6) is 5.37. The standard InChI is InChI=1S/C26H41N4O8/c1-25(2,3)36-23(33)22(38-27)16-35-20-7-8-21-18(9-20)13-29(30(21)14-19(32)15-31)12-17-10-28(11-17)24(34)37-26(4,5)6/h7-9,13,17,19,22,31-32H,10-12,14-16,27H2,1-6H3/q+1. The van der Waals surface area contributed by atoms with E-state index in [2.05, 4.69) is 0 Å². The number of nitrogens with two attached hydrogens (primary N) is 1. The van der Waals surface area contributed by atoms with E-state index in [1.165, 1.54) is 0 Å². The van der Waals surface area contributed by atoms with Gasteiger partial charge in [-0.25, -0.2) is 15.5 Å². The van der Waals surface area contributed by atoms with Crippen LogP contribution in [0.25, 0.3) is 10.9 Å². The van der Waals surface area contributed by atoms with E-state index in [1.807, 2.05) is 48.5 Å². The smallest absolute Gasteiger partial charge is 0.410 e. The molecule has 2 aromatic rings. The van der Waals surface area contributed by atoms with Gasteiger partial charge in [0.15, 0.2) is 0 Å². The minimum Gasteiger partial charge on any atom is -0.490 e. The zero-order valence-corrected chi connectivity index (χ0v) is 23.0. The van der Waals surface area contributed by atoms with Gasteiger partial charge in [-0.1, -0.05) is 0 Å². The zero-order chi connectivity index (χ0) is 28.3. The molecule has 2 unspecified atom stereocenters. The van der Waals surface area contributed by atoms with Crippen LogP contribution in [0.1, 0.15) is 41.5 Å². The predicted molar refractivity (Wildman–Crippen MR) is 137 cm³/mol. The van der Waals surface area contributed by atoms with Crippen molar-refractivity contribution in [3.8, 4) is 5.75 Å². The van der Waals surface area contributed by atoms with Crippen molar-refractivity contribution in [3.05, 3.63) is 24.4 Å². The molecule has 4 N–H and O–H groups in total. The highest BCUT2D eigenvalue weighted by molar-refractivity contribution is 5.77. The van der Waals surface area contributed by atoms with Crippen LogP contribution >= 0.6 is 0 Å². The Morgan fingerprint density at radius 1 is 1.13 bits per heavy atom. The van der Waals surface area contributed by atoms with Crippen LogP contribution in [0.15, 0.2) is 24.4 Å². The van der Waals surface area contributed by atoms with E-state index in [-0.39, 0.29) is 31.8 Å². The van der Waals surface area contributed by atoms with Crippen molar-refractivity contribution in [2.75, 3.05) is 26.3 Å². The molecule has 1 amide bonds. The molecule has 1 aliphatic heterocycles. The third-order valence-electron chi connectivity index (χ3n) is 5.76. The Balaban J connectivity index is 1.72. The van der Waals surface area contributed by atoms with E-state index < -0.39 is 29.4 Å². The predicted octanol–water partition coefficient (Wildman–Crippen LogP) is 1.13. The number of fused-ring (bicyclic) bond motifs is 1. The van der Waals surface area contributed by atoms with Crippen molar-refractivity contribution < 1.29 is 43.5 Å².